The zero-order valence-corrected chi connectivity index (χ0v) is 6.16. The van der Waals surface area contributed by atoms with Gasteiger partial charge in [-0.3, -0.25) is 0 Å². The van der Waals surface area contributed by atoms with Crippen molar-refractivity contribution < 1.29 is 8.78 Å². The molecule has 0 aromatic heterocycles. The Labute approximate surface area is 59.8 Å². The molecule has 0 spiro atoms. The van der Waals surface area contributed by atoms with Crippen molar-refractivity contribution in [2.75, 3.05) is 13.1 Å². The van der Waals surface area contributed by atoms with Gasteiger partial charge in [-0.25, -0.2) is 8.78 Å². The molecule has 1 saturated heterocycles. The smallest absolute Gasteiger partial charge is 0.262 e. The number of hydrogen-bond acceptors (Lipinski definition) is 1. The summed E-state index contributed by atoms with van der Waals surface area (Å²) < 4.78 is 25.6. The topological polar surface area (TPSA) is 12.0 Å². The maximum Gasteiger partial charge on any atom is 0.262 e. The van der Waals surface area contributed by atoms with Crippen LogP contribution in [0, 0.1) is 5.92 Å². The molecule has 60 valence electrons. The Hall–Kier alpha value is -0.180. The molecule has 0 saturated carbocycles. The highest BCUT2D eigenvalue weighted by atomic mass is 19.3. The van der Waals surface area contributed by atoms with Crippen LogP contribution >= 0.6 is 0 Å². The molecule has 1 N–H and O–H groups in total. The Balaban J connectivity index is 2.52. The van der Waals surface area contributed by atoms with Crippen LogP contribution in [0.1, 0.15) is 19.8 Å². The van der Waals surface area contributed by atoms with Gasteiger partial charge in [0.05, 0.1) is 6.54 Å². The van der Waals surface area contributed by atoms with Crippen molar-refractivity contribution in [3.8, 4) is 0 Å². The van der Waals surface area contributed by atoms with Crippen LogP contribution in [-0.4, -0.2) is 19.0 Å². The van der Waals surface area contributed by atoms with Crippen LogP contribution in [0.4, 0.5) is 8.78 Å². The van der Waals surface area contributed by atoms with E-state index in [1.807, 2.05) is 0 Å². The molecule has 0 bridgehead atoms. The first-order valence-electron chi connectivity index (χ1n) is 3.71. The highest BCUT2D eigenvalue weighted by Crippen LogP contribution is 2.28. The molecular formula is C7H13F2N. The molecule has 1 aliphatic heterocycles. The maximum absolute atomic E-state index is 12.8. The lowest BCUT2D eigenvalue weighted by Gasteiger charge is -2.19. The van der Waals surface area contributed by atoms with Crippen molar-refractivity contribution >= 4 is 0 Å². The molecule has 0 aromatic carbocycles. The first-order chi connectivity index (χ1) is 4.63. The van der Waals surface area contributed by atoms with Crippen molar-refractivity contribution in [3.05, 3.63) is 0 Å². The summed E-state index contributed by atoms with van der Waals surface area (Å²) in [4.78, 5) is 0. The van der Waals surface area contributed by atoms with E-state index in [9.17, 15) is 8.78 Å². The Morgan fingerprint density at radius 1 is 1.50 bits per heavy atom. The third-order valence-electron chi connectivity index (χ3n) is 2.07. The van der Waals surface area contributed by atoms with Crippen molar-refractivity contribution in [3.63, 3.8) is 0 Å². The van der Waals surface area contributed by atoms with Crippen LogP contribution in [0.15, 0.2) is 0 Å². The largest absolute Gasteiger partial charge is 0.311 e. The Kier molecular flexibility index (Phi) is 2.24. The Bertz CT molecular complexity index is 114. The molecule has 0 aliphatic carbocycles. The zero-order chi connectivity index (χ0) is 7.61. The van der Waals surface area contributed by atoms with E-state index in [1.165, 1.54) is 0 Å². The van der Waals surface area contributed by atoms with Gasteiger partial charge >= 0.3 is 0 Å². The molecule has 0 amide bonds. The van der Waals surface area contributed by atoms with E-state index in [-0.39, 0.29) is 6.54 Å². The van der Waals surface area contributed by atoms with Crippen molar-refractivity contribution in [1.82, 2.24) is 5.32 Å². The third-order valence-corrected chi connectivity index (χ3v) is 2.07. The van der Waals surface area contributed by atoms with E-state index in [0.717, 1.165) is 13.0 Å². The van der Waals surface area contributed by atoms with Crippen LogP contribution in [0.2, 0.25) is 0 Å². The van der Waals surface area contributed by atoms with E-state index in [1.54, 1.807) is 6.92 Å². The van der Waals surface area contributed by atoms with E-state index >= 15 is 0 Å². The minimum Gasteiger partial charge on any atom is -0.311 e. The van der Waals surface area contributed by atoms with Gasteiger partial charge in [0, 0.05) is 5.92 Å². The summed E-state index contributed by atoms with van der Waals surface area (Å²) in [7, 11) is 0. The summed E-state index contributed by atoms with van der Waals surface area (Å²) in [5, 5.41) is 2.72. The van der Waals surface area contributed by atoms with Crippen molar-refractivity contribution in [2.24, 2.45) is 5.92 Å². The standard InChI is InChI=1S/C7H13F2N/c1-6-3-2-4-10-5-7(6,8)9/h6,10H,2-5H2,1H3. The number of halogens is 2. The fourth-order valence-electron chi connectivity index (χ4n) is 1.17. The fraction of sp³-hybridized carbons (Fsp3) is 1.00. The summed E-state index contributed by atoms with van der Waals surface area (Å²) in [6.45, 7) is 2.21. The summed E-state index contributed by atoms with van der Waals surface area (Å²) in [5.74, 6) is -2.95. The van der Waals surface area contributed by atoms with Crippen LogP contribution < -0.4 is 5.32 Å². The van der Waals surface area contributed by atoms with Gasteiger partial charge in [-0.05, 0) is 19.4 Å². The Morgan fingerprint density at radius 3 is 2.90 bits per heavy atom. The lowest BCUT2D eigenvalue weighted by molar-refractivity contribution is -0.0451. The highest BCUT2D eigenvalue weighted by Gasteiger charge is 2.36. The minimum atomic E-state index is -2.49. The number of alkyl halides is 2. The molecular weight excluding hydrogens is 136 g/mol. The first-order valence-corrected chi connectivity index (χ1v) is 3.71. The summed E-state index contributed by atoms with van der Waals surface area (Å²) >= 11 is 0. The molecule has 3 heteroatoms. The average molecular weight is 149 g/mol. The van der Waals surface area contributed by atoms with E-state index in [4.69, 9.17) is 0 Å². The number of hydrogen-bond donors (Lipinski definition) is 1. The molecule has 0 aromatic rings. The van der Waals surface area contributed by atoms with Gasteiger partial charge in [0.15, 0.2) is 0 Å². The second-order valence-corrected chi connectivity index (χ2v) is 2.98. The van der Waals surface area contributed by atoms with Crippen molar-refractivity contribution in [1.29, 1.82) is 0 Å². The second-order valence-electron chi connectivity index (χ2n) is 2.98. The minimum absolute atomic E-state index is 0.145. The summed E-state index contributed by atoms with van der Waals surface area (Å²) in [6.07, 6.45) is 1.51. The Morgan fingerprint density at radius 2 is 2.20 bits per heavy atom. The molecule has 1 unspecified atom stereocenters. The predicted molar refractivity (Wildman–Crippen MR) is 36.2 cm³/mol. The quantitative estimate of drug-likeness (QED) is 0.552. The van der Waals surface area contributed by atoms with Gasteiger partial charge in [-0.1, -0.05) is 6.92 Å². The first kappa shape index (κ1) is 7.92. The molecule has 1 rings (SSSR count). The summed E-state index contributed by atoms with van der Waals surface area (Å²) in [6, 6.07) is 0. The zero-order valence-electron chi connectivity index (χ0n) is 6.16. The van der Waals surface area contributed by atoms with Gasteiger partial charge in [-0.2, -0.15) is 0 Å². The normalized spacial score (nSPS) is 33.3. The molecule has 10 heavy (non-hydrogen) atoms. The average Bonchev–Trinajstić information content (AvgIpc) is 1.96. The molecule has 1 fully saturated rings. The van der Waals surface area contributed by atoms with Gasteiger partial charge in [-0.15, -0.1) is 0 Å². The SMILES string of the molecule is CC1CCCNCC1(F)F. The lowest BCUT2D eigenvalue weighted by atomic mass is 10.00. The van der Waals surface area contributed by atoms with Gasteiger partial charge < -0.3 is 5.32 Å². The second kappa shape index (κ2) is 2.82. The van der Waals surface area contributed by atoms with Gasteiger partial charge in [0.2, 0.25) is 0 Å². The van der Waals surface area contributed by atoms with E-state index in [2.05, 4.69) is 5.32 Å². The maximum atomic E-state index is 12.8. The van der Waals surface area contributed by atoms with Crippen LogP contribution in [0.3, 0.4) is 0 Å². The molecule has 1 aliphatic rings. The lowest BCUT2D eigenvalue weighted by Crippen LogP contribution is -2.35. The van der Waals surface area contributed by atoms with Gasteiger partial charge in [0.1, 0.15) is 0 Å². The van der Waals surface area contributed by atoms with Crippen LogP contribution in [-0.2, 0) is 0 Å². The van der Waals surface area contributed by atoms with Gasteiger partial charge in [0.25, 0.3) is 5.92 Å². The number of nitrogens with one attached hydrogen (secondary N) is 1. The predicted octanol–water partition coefficient (Wildman–Crippen LogP) is 1.64. The highest BCUT2D eigenvalue weighted by molar-refractivity contribution is 4.79. The molecule has 1 heterocycles. The monoisotopic (exact) mass is 149 g/mol. The van der Waals surface area contributed by atoms with Crippen LogP contribution in [0.5, 0.6) is 0 Å². The third kappa shape index (κ3) is 1.66. The van der Waals surface area contributed by atoms with E-state index < -0.39 is 11.8 Å². The van der Waals surface area contributed by atoms with Crippen LogP contribution in [0.25, 0.3) is 0 Å². The molecule has 1 atom stereocenters. The van der Waals surface area contributed by atoms with E-state index in [0.29, 0.717) is 6.42 Å². The summed E-state index contributed by atoms with van der Waals surface area (Å²) in [5.41, 5.74) is 0. The number of rotatable bonds is 0. The fourth-order valence-corrected chi connectivity index (χ4v) is 1.17. The molecule has 1 nitrogen and oxygen atoms in total. The molecule has 0 radical (unpaired) electrons. The van der Waals surface area contributed by atoms with Crippen molar-refractivity contribution in [2.45, 2.75) is 25.7 Å².